The summed E-state index contributed by atoms with van der Waals surface area (Å²) in [7, 11) is -0.470. The van der Waals surface area contributed by atoms with Gasteiger partial charge in [-0.3, -0.25) is 4.79 Å². The van der Waals surface area contributed by atoms with Gasteiger partial charge in [0.25, 0.3) is 5.91 Å². The van der Waals surface area contributed by atoms with Gasteiger partial charge in [0.05, 0.1) is 11.2 Å². The Labute approximate surface area is 171 Å². The van der Waals surface area contributed by atoms with Crippen molar-refractivity contribution in [3.05, 3.63) is 65.7 Å². The summed E-state index contributed by atoms with van der Waals surface area (Å²) in [6.45, 7) is 7.98. The van der Waals surface area contributed by atoms with Crippen molar-refractivity contribution in [2.24, 2.45) is 0 Å². The van der Waals surface area contributed by atoms with Crippen molar-refractivity contribution in [1.29, 1.82) is 0 Å². The van der Waals surface area contributed by atoms with Crippen molar-refractivity contribution in [2.45, 2.75) is 51.4 Å². The van der Waals surface area contributed by atoms with Crippen LogP contribution in [0.4, 0.5) is 0 Å². The quantitative estimate of drug-likeness (QED) is 0.734. The Morgan fingerprint density at radius 2 is 1.52 bits per heavy atom. The summed E-state index contributed by atoms with van der Waals surface area (Å²) in [5, 5.41) is 12.1. The minimum absolute atomic E-state index is 0.178. The molecule has 1 saturated heterocycles. The first-order valence-corrected chi connectivity index (χ1v) is 9.62. The highest BCUT2D eigenvalue weighted by atomic mass is 16.7. The lowest BCUT2D eigenvalue weighted by atomic mass is 9.78. The van der Waals surface area contributed by atoms with Gasteiger partial charge in [-0.25, -0.2) is 4.79 Å². The molecular formula is C22H26BNO5. The molecule has 0 aromatic heterocycles. The molecule has 6 nitrogen and oxygen atoms in total. The Morgan fingerprint density at radius 3 is 2.03 bits per heavy atom. The molecule has 0 unspecified atom stereocenters. The molecule has 2 aromatic rings. The van der Waals surface area contributed by atoms with E-state index in [1.807, 2.05) is 52.0 Å². The summed E-state index contributed by atoms with van der Waals surface area (Å²) < 4.78 is 12.1. The first-order chi connectivity index (χ1) is 13.6. The Morgan fingerprint density at radius 1 is 0.966 bits per heavy atom. The summed E-state index contributed by atoms with van der Waals surface area (Å²) >= 11 is 0. The fourth-order valence-corrected chi connectivity index (χ4v) is 3.06. The minimum Gasteiger partial charge on any atom is -0.480 e. The van der Waals surface area contributed by atoms with E-state index in [-0.39, 0.29) is 6.42 Å². The summed E-state index contributed by atoms with van der Waals surface area (Å²) in [6.07, 6.45) is 0.178. The largest absolute Gasteiger partial charge is 0.494 e. The van der Waals surface area contributed by atoms with Gasteiger partial charge in [-0.15, -0.1) is 0 Å². The summed E-state index contributed by atoms with van der Waals surface area (Å²) in [5.74, 6) is -1.49. The van der Waals surface area contributed by atoms with E-state index >= 15 is 0 Å². The maximum atomic E-state index is 12.3. The number of carboxylic acid groups (broad SMARTS) is 1. The van der Waals surface area contributed by atoms with Crippen LogP contribution in [0.1, 0.15) is 43.6 Å². The van der Waals surface area contributed by atoms with Crippen LogP contribution in [0.2, 0.25) is 0 Å². The molecule has 0 spiro atoms. The van der Waals surface area contributed by atoms with Crippen molar-refractivity contribution in [3.8, 4) is 0 Å². The Balaban J connectivity index is 1.67. The molecule has 1 fully saturated rings. The zero-order valence-electron chi connectivity index (χ0n) is 17.1. The highest BCUT2D eigenvalue weighted by molar-refractivity contribution is 6.62. The normalized spacial score (nSPS) is 18.3. The standard InChI is InChI=1S/C22H26BNO5/c1-21(2)22(3,4)29-23(28-21)17-12-10-15(11-13-17)14-18(20(26)27)24-19(25)16-8-6-5-7-9-16/h5-13,18H,14H2,1-4H3,(H,24,25)(H,26,27)/t18-/m1/s1. The molecule has 3 rings (SSSR count). The molecular weight excluding hydrogens is 369 g/mol. The zero-order valence-corrected chi connectivity index (χ0v) is 17.1. The van der Waals surface area contributed by atoms with Gasteiger partial charge in [0.15, 0.2) is 0 Å². The van der Waals surface area contributed by atoms with Crippen LogP contribution in [-0.4, -0.2) is 41.3 Å². The highest BCUT2D eigenvalue weighted by Gasteiger charge is 2.51. The number of hydrogen-bond donors (Lipinski definition) is 2. The van der Waals surface area contributed by atoms with Gasteiger partial charge in [-0.1, -0.05) is 42.5 Å². The third-order valence-corrected chi connectivity index (χ3v) is 5.58. The molecule has 0 saturated carbocycles. The first-order valence-electron chi connectivity index (χ1n) is 9.62. The van der Waals surface area contributed by atoms with Crippen molar-refractivity contribution in [2.75, 3.05) is 0 Å². The first kappa shape index (κ1) is 21.1. The van der Waals surface area contributed by atoms with E-state index in [9.17, 15) is 14.7 Å². The molecule has 0 radical (unpaired) electrons. The van der Waals surface area contributed by atoms with Crippen molar-refractivity contribution >= 4 is 24.5 Å². The third kappa shape index (κ3) is 4.69. The second kappa shape index (κ2) is 8.01. The van der Waals surface area contributed by atoms with E-state index in [1.54, 1.807) is 30.3 Å². The van der Waals surface area contributed by atoms with Crippen LogP contribution in [0.3, 0.4) is 0 Å². The molecule has 1 aliphatic heterocycles. The molecule has 1 amide bonds. The third-order valence-electron chi connectivity index (χ3n) is 5.58. The van der Waals surface area contributed by atoms with E-state index in [0.717, 1.165) is 11.0 Å². The van der Waals surface area contributed by atoms with Crippen LogP contribution in [0, 0.1) is 0 Å². The average molecular weight is 395 g/mol. The van der Waals surface area contributed by atoms with Gasteiger partial charge in [-0.2, -0.15) is 0 Å². The number of nitrogens with one attached hydrogen (secondary N) is 1. The van der Waals surface area contributed by atoms with Crippen LogP contribution < -0.4 is 10.8 Å². The number of aliphatic carboxylic acids is 1. The number of carboxylic acids is 1. The Kier molecular flexibility index (Phi) is 5.82. The Bertz CT molecular complexity index is 864. The van der Waals surface area contributed by atoms with Crippen LogP contribution in [0.25, 0.3) is 0 Å². The van der Waals surface area contributed by atoms with Gasteiger partial charge >= 0.3 is 13.1 Å². The van der Waals surface area contributed by atoms with Crippen molar-refractivity contribution in [3.63, 3.8) is 0 Å². The molecule has 2 aromatic carbocycles. The topological polar surface area (TPSA) is 84.9 Å². The molecule has 1 atom stereocenters. The average Bonchev–Trinajstić information content (AvgIpc) is 2.89. The smallest absolute Gasteiger partial charge is 0.480 e. The molecule has 0 bridgehead atoms. The van der Waals surface area contributed by atoms with Crippen molar-refractivity contribution in [1.82, 2.24) is 5.32 Å². The van der Waals surface area contributed by atoms with Gasteiger partial charge in [0, 0.05) is 12.0 Å². The zero-order chi connectivity index (χ0) is 21.2. The molecule has 152 valence electrons. The fraction of sp³-hybridized carbons (Fsp3) is 0.364. The molecule has 0 aliphatic carbocycles. The monoisotopic (exact) mass is 395 g/mol. The summed E-state index contributed by atoms with van der Waals surface area (Å²) in [5.41, 5.74) is 1.24. The van der Waals surface area contributed by atoms with E-state index in [4.69, 9.17) is 9.31 Å². The molecule has 2 N–H and O–H groups in total. The number of hydrogen-bond acceptors (Lipinski definition) is 4. The second-order valence-corrected chi connectivity index (χ2v) is 8.26. The van der Waals surface area contributed by atoms with Crippen LogP contribution in [0.5, 0.6) is 0 Å². The van der Waals surface area contributed by atoms with Crippen molar-refractivity contribution < 1.29 is 24.0 Å². The lowest BCUT2D eigenvalue weighted by Crippen LogP contribution is -2.42. The van der Waals surface area contributed by atoms with Gasteiger partial charge in [0.1, 0.15) is 6.04 Å². The molecule has 7 heteroatoms. The lowest BCUT2D eigenvalue weighted by Gasteiger charge is -2.32. The lowest BCUT2D eigenvalue weighted by molar-refractivity contribution is -0.139. The SMILES string of the molecule is CC1(C)OB(c2ccc(C[C@@H](NC(=O)c3ccccc3)C(=O)O)cc2)OC1(C)C. The predicted octanol–water partition coefficient (Wildman–Crippen LogP) is 2.41. The fourth-order valence-electron chi connectivity index (χ4n) is 3.06. The Hall–Kier alpha value is -2.64. The van der Waals surface area contributed by atoms with Gasteiger partial charge in [-0.05, 0) is 50.9 Å². The maximum absolute atomic E-state index is 12.3. The number of benzene rings is 2. The highest BCUT2D eigenvalue weighted by Crippen LogP contribution is 2.36. The molecule has 29 heavy (non-hydrogen) atoms. The van der Waals surface area contributed by atoms with E-state index in [2.05, 4.69) is 5.32 Å². The van der Waals surface area contributed by atoms with E-state index in [0.29, 0.717) is 5.56 Å². The number of carbonyl (C=O) groups is 2. The van der Waals surface area contributed by atoms with Crippen LogP contribution >= 0.6 is 0 Å². The predicted molar refractivity (Wildman–Crippen MR) is 111 cm³/mol. The number of amides is 1. The van der Waals surface area contributed by atoms with Crippen LogP contribution in [-0.2, 0) is 20.5 Å². The summed E-state index contributed by atoms with van der Waals surface area (Å²) in [6, 6.07) is 15.0. The van der Waals surface area contributed by atoms with Crippen LogP contribution in [0.15, 0.2) is 54.6 Å². The van der Waals surface area contributed by atoms with E-state index < -0.39 is 36.2 Å². The minimum atomic E-state index is -1.08. The number of carbonyl (C=O) groups excluding carboxylic acids is 1. The maximum Gasteiger partial charge on any atom is 0.494 e. The van der Waals surface area contributed by atoms with Gasteiger partial charge in [0.2, 0.25) is 0 Å². The number of rotatable bonds is 6. The molecule has 1 heterocycles. The second-order valence-electron chi connectivity index (χ2n) is 8.26. The van der Waals surface area contributed by atoms with Gasteiger partial charge < -0.3 is 19.7 Å². The van der Waals surface area contributed by atoms with E-state index in [1.165, 1.54) is 0 Å². The summed E-state index contributed by atoms with van der Waals surface area (Å²) in [4.78, 5) is 23.9. The molecule has 1 aliphatic rings.